The summed E-state index contributed by atoms with van der Waals surface area (Å²) in [5.41, 5.74) is 4.60. The zero-order chi connectivity index (χ0) is 24.9. The molecule has 2 aliphatic rings. The number of hydrogen-bond acceptors (Lipinski definition) is 5. The average Bonchev–Trinajstić information content (AvgIpc) is 3.15. The van der Waals surface area contributed by atoms with Crippen LogP contribution >= 0.6 is 0 Å². The minimum atomic E-state index is -0.957. The van der Waals surface area contributed by atoms with Crippen molar-refractivity contribution in [3.63, 3.8) is 0 Å². The van der Waals surface area contributed by atoms with Crippen LogP contribution in [0.1, 0.15) is 43.7 Å². The van der Waals surface area contributed by atoms with E-state index in [1.807, 2.05) is 38.1 Å². The fraction of sp³-hybridized carbons (Fsp3) is 0.444. The fourth-order valence-electron chi connectivity index (χ4n) is 4.83. The van der Waals surface area contributed by atoms with E-state index >= 15 is 0 Å². The maximum Gasteiger partial charge on any atom is 0.407 e. The quantitative estimate of drug-likeness (QED) is 0.598. The van der Waals surface area contributed by atoms with Crippen LogP contribution in [0.25, 0.3) is 11.1 Å². The van der Waals surface area contributed by atoms with E-state index in [-0.39, 0.29) is 43.7 Å². The Labute approximate surface area is 205 Å². The van der Waals surface area contributed by atoms with Gasteiger partial charge in [0.25, 0.3) is 0 Å². The van der Waals surface area contributed by atoms with Gasteiger partial charge in [0.1, 0.15) is 6.61 Å². The van der Waals surface area contributed by atoms with Gasteiger partial charge in [0.2, 0.25) is 5.91 Å². The predicted molar refractivity (Wildman–Crippen MR) is 130 cm³/mol. The number of carboxylic acid groups (broad SMARTS) is 1. The number of amides is 2. The molecule has 0 spiro atoms. The van der Waals surface area contributed by atoms with Crippen molar-refractivity contribution in [3.8, 4) is 11.1 Å². The third-order valence-corrected chi connectivity index (χ3v) is 6.74. The number of alkyl carbamates (subject to hydrolysis) is 1. The number of fused-ring (bicyclic) bond motifs is 3. The Balaban J connectivity index is 1.34. The second kappa shape index (κ2) is 10.9. The van der Waals surface area contributed by atoms with Crippen LogP contribution in [-0.2, 0) is 19.1 Å². The normalized spacial score (nSPS) is 18.0. The molecule has 186 valence electrons. The van der Waals surface area contributed by atoms with E-state index < -0.39 is 24.2 Å². The molecule has 2 aromatic rings. The van der Waals surface area contributed by atoms with Crippen molar-refractivity contribution in [1.82, 2.24) is 10.2 Å². The maximum atomic E-state index is 12.9. The minimum absolute atomic E-state index is 0.00953. The van der Waals surface area contributed by atoms with Gasteiger partial charge in [-0.25, -0.2) is 4.79 Å². The smallest absolute Gasteiger partial charge is 0.407 e. The zero-order valence-corrected chi connectivity index (χ0v) is 20.1. The topological polar surface area (TPSA) is 105 Å². The second-order valence-electron chi connectivity index (χ2n) is 9.45. The molecule has 2 amide bonds. The number of carbonyl (C=O) groups excluding carboxylic acids is 2. The summed E-state index contributed by atoms with van der Waals surface area (Å²) in [6, 6.07) is 15.9. The molecular formula is C27H32N2O6. The molecule has 8 nitrogen and oxygen atoms in total. The maximum absolute atomic E-state index is 12.9. The number of nitrogens with one attached hydrogen (secondary N) is 1. The van der Waals surface area contributed by atoms with Crippen molar-refractivity contribution in [2.45, 2.75) is 44.8 Å². The number of carboxylic acids is 1. The summed E-state index contributed by atoms with van der Waals surface area (Å²) in [7, 11) is 0. The Morgan fingerprint density at radius 1 is 1.09 bits per heavy atom. The van der Waals surface area contributed by atoms with Crippen LogP contribution in [0.15, 0.2) is 48.5 Å². The monoisotopic (exact) mass is 480 g/mol. The lowest BCUT2D eigenvalue weighted by molar-refractivity contribution is -0.148. The molecule has 1 heterocycles. The van der Waals surface area contributed by atoms with E-state index in [2.05, 4.69) is 29.6 Å². The summed E-state index contributed by atoms with van der Waals surface area (Å²) in [5.74, 6) is -1.12. The van der Waals surface area contributed by atoms with Gasteiger partial charge in [0.15, 0.2) is 0 Å². The summed E-state index contributed by atoms with van der Waals surface area (Å²) in [4.78, 5) is 38.2. The Hall–Kier alpha value is -3.39. The Kier molecular flexibility index (Phi) is 7.70. The standard InChI is InChI=1S/C27H32N2O6/c1-17(2)24(14-25(30)29-11-12-34-18(15-29)13-26(31)32)28-27(33)35-16-23-21-9-5-3-7-19(21)20-8-4-6-10-22(20)23/h3-10,17-18,23-24H,11-16H2,1-2H3,(H,28,33)(H,31,32). The lowest BCUT2D eigenvalue weighted by atomic mass is 9.98. The summed E-state index contributed by atoms with van der Waals surface area (Å²) >= 11 is 0. The highest BCUT2D eigenvalue weighted by atomic mass is 16.5. The third kappa shape index (κ3) is 5.82. The predicted octanol–water partition coefficient (Wildman–Crippen LogP) is 3.64. The molecule has 1 saturated heterocycles. The number of morpholine rings is 1. The third-order valence-electron chi connectivity index (χ3n) is 6.74. The van der Waals surface area contributed by atoms with Gasteiger partial charge in [-0.2, -0.15) is 0 Å². The van der Waals surface area contributed by atoms with Gasteiger partial charge in [0, 0.05) is 31.5 Å². The number of carbonyl (C=O) groups is 3. The summed E-state index contributed by atoms with van der Waals surface area (Å²) in [5, 5.41) is 11.9. The zero-order valence-electron chi connectivity index (χ0n) is 20.1. The van der Waals surface area contributed by atoms with E-state index in [9.17, 15) is 14.4 Å². The minimum Gasteiger partial charge on any atom is -0.481 e. The fourth-order valence-corrected chi connectivity index (χ4v) is 4.83. The highest BCUT2D eigenvalue weighted by molar-refractivity contribution is 5.80. The van der Waals surface area contributed by atoms with E-state index in [1.54, 1.807) is 4.90 Å². The van der Waals surface area contributed by atoms with Gasteiger partial charge in [-0.15, -0.1) is 0 Å². The Morgan fingerprint density at radius 2 is 1.71 bits per heavy atom. The number of aliphatic carboxylic acids is 1. The number of hydrogen-bond donors (Lipinski definition) is 2. The molecule has 1 aliphatic heterocycles. The Morgan fingerprint density at radius 3 is 2.31 bits per heavy atom. The first kappa shape index (κ1) is 24.7. The van der Waals surface area contributed by atoms with E-state index in [1.165, 1.54) is 0 Å². The summed E-state index contributed by atoms with van der Waals surface area (Å²) < 4.78 is 11.1. The first-order chi connectivity index (χ1) is 16.8. The van der Waals surface area contributed by atoms with E-state index in [4.69, 9.17) is 14.6 Å². The molecule has 0 radical (unpaired) electrons. The molecule has 8 heteroatoms. The molecule has 1 aliphatic carbocycles. The largest absolute Gasteiger partial charge is 0.481 e. The molecule has 2 N–H and O–H groups in total. The second-order valence-corrected chi connectivity index (χ2v) is 9.45. The number of nitrogens with zero attached hydrogens (tertiary/aromatic N) is 1. The van der Waals surface area contributed by atoms with Crippen molar-refractivity contribution in [2.75, 3.05) is 26.3 Å². The Bertz CT molecular complexity index is 1040. The average molecular weight is 481 g/mol. The first-order valence-electron chi connectivity index (χ1n) is 12.1. The molecule has 0 aromatic heterocycles. The van der Waals surface area contributed by atoms with Crippen LogP contribution in [0.5, 0.6) is 0 Å². The molecule has 2 aromatic carbocycles. The molecule has 4 rings (SSSR count). The molecule has 35 heavy (non-hydrogen) atoms. The SMILES string of the molecule is CC(C)C(CC(=O)N1CCOC(CC(=O)O)C1)NC(=O)OCC1c2ccccc2-c2ccccc21. The van der Waals surface area contributed by atoms with E-state index in [0.29, 0.717) is 13.2 Å². The van der Waals surface area contributed by atoms with Crippen LogP contribution < -0.4 is 5.32 Å². The van der Waals surface area contributed by atoms with Gasteiger partial charge in [-0.3, -0.25) is 9.59 Å². The number of benzene rings is 2. The molecule has 1 fully saturated rings. The van der Waals surface area contributed by atoms with Gasteiger partial charge in [-0.1, -0.05) is 62.4 Å². The van der Waals surface area contributed by atoms with Crippen molar-refractivity contribution >= 4 is 18.0 Å². The van der Waals surface area contributed by atoms with E-state index in [0.717, 1.165) is 22.3 Å². The molecular weight excluding hydrogens is 448 g/mol. The highest BCUT2D eigenvalue weighted by Crippen LogP contribution is 2.44. The van der Waals surface area contributed by atoms with Gasteiger partial charge >= 0.3 is 12.1 Å². The molecule has 2 atom stereocenters. The highest BCUT2D eigenvalue weighted by Gasteiger charge is 2.31. The van der Waals surface area contributed by atoms with Gasteiger partial charge in [-0.05, 0) is 28.2 Å². The molecule has 0 saturated carbocycles. The first-order valence-corrected chi connectivity index (χ1v) is 12.1. The van der Waals surface area contributed by atoms with Gasteiger partial charge < -0.3 is 24.8 Å². The summed E-state index contributed by atoms with van der Waals surface area (Å²) in [6.45, 7) is 5.03. The number of ether oxygens (including phenoxy) is 2. The van der Waals surface area contributed by atoms with Crippen LogP contribution in [0.2, 0.25) is 0 Å². The van der Waals surface area contributed by atoms with Crippen LogP contribution in [0.3, 0.4) is 0 Å². The van der Waals surface area contributed by atoms with Crippen molar-refractivity contribution in [2.24, 2.45) is 5.92 Å². The van der Waals surface area contributed by atoms with Crippen LogP contribution in [-0.4, -0.2) is 66.4 Å². The molecule has 2 unspecified atom stereocenters. The summed E-state index contributed by atoms with van der Waals surface area (Å²) in [6.07, 6.45) is -1.10. The lowest BCUT2D eigenvalue weighted by Gasteiger charge is -2.33. The number of rotatable bonds is 8. The van der Waals surface area contributed by atoms with Gasteiger partial charge in [0.05, 0.1) is 19.1 Å². The molecule has 0 bridgehead atoms. The van der Waals surface area contributed by atoms with Crippen molar-refractivity contribution in [3.05, 3.63) is 59.7 Å². The van der Waals surface area contributed by atoms with Crippen LogP contribution in [0.4, 0.5) is 4.79 Å². The van der Waals surface area contributed by atoms with Crippen LogP contribution in [0, 0.1) is 5.92 Å². The van der Waals surface area contributed by atoms with Crippen molar-refractivity contribution < 1.29 is 29.0 Å². The lowest BCUT2D eigenvalue weighted by Crippen LogP contribution is -2.49. The van der Waals surface area contributed by atoms with Crippen molar-refractivity contribution in [1.29, 1.82) is 0 Å².